The van der Waals surface area contributed by atoms with Crippen LogP contribution in [0.5, 0.6) is 0 Å². The van der Waals surface area contributed by atoms with E-state index in [1.54, 1.807) is 33.0 Å². The lowest BCUT2D eigenvalue weighted by Gasteiger charge is -2.18. The van der Waals surface area contributed by atoms with Crippen LogP contribution in [0.4, 0.5) is 9.18 Å². The van der Waals surface area contributed by atoms with Gasteiger partial charge in [-0.3, -0.25) is 0 Å². The van der Waals surface area contributed by atoms with Crippen LogP contribution < -0.4 is 0 Å². The van der Waals surface area contributed by atoms with Gasteiger partial charge in [0.05, 0.1) is 17.8 Å². The van der Waals surface area contributed by atoms with Gasteiger partial charge in [-0.15, -0.1) is 0 Å². The molecule has 2 rings (SSSR count). The third-order valence-corrected chi connectivity index (χ3v) is 2.80. The summed E-state index contributed by atoms with van der Waals surface area (Å²) in [5.74, 6) is -0.454. The first-order chi connectivity index (χ1) is 10.3. The van der Waals surface area contributed by atoms with Crippen LogP contribution in [0.1, 0.15) is 37.5 Å². The first-order valence-corrected chi connectivity index (χ1v) is 6.74. The third-order valence-electron chi connectivity index (χ3n) is 2.80. The lowest BCUT2D eigenvalue weighted by molar-refractivity contribution is 0.0514. The van der Waals surface area contributed by atoms with E-state index in [1.807, 2.05) is 6.07 Å². The molecule has 1 heterocycles. The summed E-state index contributed by atoms with van der Waals surface area (Å²) in [4.78, 5) is 11.9. The van der Waals surface area contributed by atoms with Crippen LogP contribution in [0.2, 0.25) is 0 Å². The molecular formula is C16H16FN3O2. The van der Waals surface area contributed by atoms with Crippen molar-refractivity contribution >= 4 is 6.09 Å². The largest absolute Gasteiger partial charge is 0.442 e. The van der Waals surface area contributed by atoms with Crippen molar-refractivity contribution in [1.82, 2.24) is 9.78 Å². The van der Waals surface area contributed by atoms with E-state index in [2.05, 4.69) is 5.10 Å². The molecule has 0 radical (unpaired) electrons. The average Bonchev–Trinajstić information content (AvgIpc) is 2.87. The predicted octanol–water partition coefficient (Wildman–Crippen LogP) is 3.27. The molecular weight excluding hydrogens is 285 g/mol. The summed E-state index contributed by atoms with van der Waals surface area (Å²) in [6.45, 7) is 5.31. The van der Waals surface area contributed by atoms with E-state index in [-0.39, 0.29) is 5.56 Å². The Kier molecular flexibility index (Phi) is 4.27. The summed E-state index contributed by atoms with van der Waals surface area (Å²) < 4.78 is 19.4. The van der Waals surface area contributed by atoms with Gasteiger partial charge in [-0.2, -0.15) is 15.0 Å². The number of halogens is 1. The van der Waals surface area contributed by atoms with E-state index in [1.165, 1.54) is 18.3 Å². The number of nitrogens with zero attached hydrogens (tertiary/aromatic N) is 3. The van der Waals surface area contributed by atoms with Crippen molar-refractivity contribution in [2.75, 3.05) is 0 Å². The van der Waals surface area contributed by atoms with Gasteiger partial charge < -0.3 is 4.74 Å². The van der Waals surface area contributed by atoms with E-state index in [0.717, 1.165) is 10.2 Å². The minimum Gasteiger partial charge on any atom is -0.442 e. The smallest absolute Gasteiger partial charge is 0.435 e. The fraction of sp³-hybridized carbons (Fsp3) is 0.312. The monoisotopic (exact) mass is 301 g/mol. The molecule has 2 aromatic rings. The van der Waals surface area contributed by atoms with Crippen molar-refractivity contribution in [2.24, 2.45) is 0 Å². The van der Waals surface area contributed by atoms with Gasteiger partial charge in [0.1, 0.15) is 11.4 Å². The summed E-state index contributed by atoms with van der Waals surface area (Å²) in [7, 11) is 0. The van der Waals surface area contributed by atoms with Crippen molar-refractivity contribution < 1.29 is 13.9 Å². The molecule has 0 N–H and O–H groups in total. The second-order valence-electron chi connectivity index (χ2n) is 5.86. The van der Waals surface area contributed by atoms with E-state index < -0.39 is 17.5 Å². The zero-order valence-electron chi connectivity index (χ0n) is 12.6. The Bertz CT molecular complexity index is 739. The van der Waals surface area contributed by atoms with E-state index >= 15 is 0 Å². The highest BCUT2D eigenvalue weighted by atomic mass is 19.1. The lowest BCUT2D eigenvalue weighted by Crippen LogP contribution is -2.27. The summed E-state index contributed by atoms with van der Waals surface area (Å²) in [6.07, 6.45) is 2.87. The maximum absolute atomic E-state index is 13.1. The Labute approximate surface area is 127 Å². The van der Waals surface area contributed by atoms with Crippen LogP contribution in [-0.2, 0) is 11.2 Å². The maximum atomic E-state index is 13.1. The molecule has 5 nitrogen and oxygen atoms in total. The zero-order valence-corrected chi connectivity index (χ0v) is 12.6. The van der Waals surface area contributed by atoms with E-state index in [4.69, 9.17) is 10.00 Å². The summed E-state index contributed by atoms with van der Waals surface area (Å²) in [5.41, 5.74) is 1.07. The topological polar surface area (TPSA) is 67.9 Å². The van der Waals surface area contributed by atoms with Crippen LogP contribution in [-0.4, -0.2) is 21.5 Å². The Balaban J connectivity index is 2.16. The minimum atomic E-state index is -0.603. The molecule has 0 aliphatic rings. The number of carbonyl (C=O) groups is 1. The summed E-state index contributed by atoms with van der Waals surface area (Å²) >= 11 is 0. The van der Waals surface area contributed by atoms with Crippen LogP contribution in [0.25, 0.3) is 0 Å². The Morgan fingerprint density at radius 2 is 2.18 bits per heavy atom. The molecule has 0 aliphatic heterocycles. The molecule has 0 aliphatic carbocycles. The first-order valence-electron chi connectivity index (χ1n) is 6.74. The van der Waals surface area contributed by atoms with E-state index in [0.29, 0.717) is 12.0 Å². The molecule has 0 atom stereocenters. The second kappa shape index (κ2) is 5.98. The number of rotatable bonds is 2. The van der Waals surface area contributed by atoms with Crippen LogP contribution in [0, 0.1) is 17.1 Å². The first kappa shape index (κ1) is 15.7. The molecule has 0 bridgehead atoms. The molecule has 114 valence electrons. The maximum Gasteiger partial charge on any atom is 0.435 e. The number of benzene rings is 1. The SMILES string of the molecule is CC(C)(C)OC(=O)n1cc(Cc2ccc(F)cc2C#N)cn1. The van der Waals surface area contributed by atoms with Crippen LogP contribution >= 0.6 is 0 Å². The normalized spacial score (nSPS) is 11.0. The summed E-state index contributed by atoms with van der Waals surface area (Å²) in [5, 5.41) is 13.0. The third kappa shape index (κ3) is 3.92. The van der Waals surface area contributed by atoms with Gasteiger partial charge in [0.2, 0.25) is 0 Å². The molecule has 6 heteroatoms. The van der Waals surface area contributed by atoms with Gasteiger partial charge in [-0.25, -0.2) is 9.18 Å². The number of hydrogen-bond donors (Lipinski definition) is 0. The van der Waals surface area contributed by atoms with Crippen molar-refractivity contribution in [3.8, 4) is 6.07 Å². The van der Waals surface area contributed by atoms with Crippen molar-refractivity contribution in [2.45, 2.75) is 32.8 Å². The van der Waals surface area contributed by atoms with Crippen molar-refractivity contribution in [3.05, 3.63) is 53.1 Å². The predicted molar refractivity (Wildman–Crippen MR) is 77.8 cm³/mol. The second-order valence-corrected chi connectivity index (χ2v) is 5.86. The van der Waals surface area contributed by atoms with E-state index in [9.17, 15) is 9.18 Å². The molecule has 22 heavy (non-hydrogen) atoms. The van der Waals surface area contributed by atoms with Gasteiger partial charge in [-0.1, -0.05) is 6.07 Å². The average molecular weight is 301 g/mol. The molecule has 0 saturated carbocycles. The molecule has 1 aromatic heterocycles. The Morgan fingerprint density at radius 3 is 2.82 bits per heavy atom. The number of carbonyl (C=O) groups excluding carboxylic acids is 1. The fourth-order valence-corrected chi connectivity index (χ4v) is 1.89. The van der Waals surface area contributed by atoms with Crippen LogP contribution in [0.3, 0.4) is 0 Å². The highest BCUT2D eigenvalue weighted by Crippen LogP contribution is 2.16. The highest BCUT2D eigenvalue weighted by Gasteiger charge is 2.18. The van der Waals surface area contributed by atoms with Crippen molar-refractivity contribution in [1.29, 1.82) is 5.26 Å². The number of hydrogen-bond acceptors (Lipinski definition) is 4. The van der Waals surface area contributed by atoms with Gasteiger partial charge in [0, 0.05) is 12.6 Å². The highest BCUT2D eigenvalue weighted by molar-refractivity contribution is 5.69. The van der Waals surface area contributed by atoms with Gasteiger partial charge in [0.25, 0.3) is 0 Å². The molecule has 0 amide bonds. The number of aromatic nitrogens is 2. The Hall–Kier alpha value is -2.68. The number of nitriles is 1. The number of ether oxygens (including phenoxy) is 1. The quantitative estimate of drug-likeness (QED) is 0.853. The van der Waals surface area contributed by atoms with Gasteiger partial charge in [0.15, 0.2) is 0 Å². The summed E-state index contributed by atoms with van der Waals surface area (Å²) in [6, 6.07) is 6.00. The molecule has 0 saturated heterocycles. The minimum absolute atomic E-state index is 0.269. The van der Waals surface area contributed by atoms with Gasteiger partial charge in [-0.05, 0) is 44.0 Å². The standard InChI is InChI=1S/C16H16FN3O2/c1-16(2,3)22-15(21)20-10-11(9-19-20)6-12-4-5-14(17)7-13(12)8-18/h4-5,7,9-10H,6H2,1-3H3. The Morgan fingerprint density at radius 1 is 1.45 bits per heavy atom. The van der Waals surface area contributed by atoms with Crippen LogP contribution in [0.15, 0.2) is 30.6 Å². The fourth-order valence-electron chi connectivity index (χ4n) is 1.89. The van der Waals surface area contributed by atoms with Crippen molar-refractivity contribution in [3.63, 3.8) is 0 Å². The molecule has 0 unspecified atom stereocenters. The molecule has 0 fully saturated rings. The van der Waals surface area contributed by atoms with Gasteiger partial charge >= 0.3 is 6.09 Å². The lowest BCUT2D eigenvalue weighted by atomic mass is 10.0. The zero-order chi connectivity index (χ0) is 16.3. The molecule has 0 spiro atoms. The molecule has 1 aromatic carbocycles.